The molecule has 1 saturated heterocycles. The average Bonchev–Trinajstić information content (AvgIpc) is 3.15. The average molecular weight is 513 g/mol. The van der Waals surface area contributed by atoms with Crippen molar-refractivity contribution in [2.24, 2.45) is 0 Å². The number of halogens is 1. The number of hydrogen-bond donors (Lipinski definition) is 3. The lowest BCUT2D eigenvalue weighted by Crippen LogP contribution is -2.60. The largest absolute Gasteiger partial charge is 0.508 e. The Balaban J connectivity index is 1.88. The predicted molar refractivity (Wildman–Crippen MR) is 123 cm³/mol. The topological polar surface area (TPSA) is 142 Å². The molecular weight excluding hydrogens is 479 g/mol. The minimum atomic E-state index is -1.66. The molecule has 11 nitrogen and oxygen atoms in total. The Morgan fingerprint density at radius 3 is 2.56 bits per heavy atom. The van der Waals surface area contributed by atoms with Gasteiger partial charge in [0.15, 0.2) is 0 Å². The number of carbonyl (C=O) groups is 1. The van der Waals surface area contributed by atoms with Crippen molar-refractivity contribution in [3.63, 3.8) is 0 Å². The summed E-state index contributed by atoms with van der Waals surface area (Å²) < 4.78 is 42.5. The second-order valence-corrected chi connectivity index (χ2v) is 8.67. The van der Waals surface area contributed by atoms with Crippen LogP contribution < -0.4 is 9.47 Å². The Morgan fingerprint density at radius 2 is 1.94 bits per heavy atom. The maximum absolute atomic E-state index is 14.8. The van der Waals surface area contributed by atoms with Gasteiger partial charge in [-0.1, -0.05) is 6.07 Å². The summed E-state index contributed by atoms with van der Waals surface area (Å²) in [5.74, 6) is 0.0159. The van der Waals surface area contributed by atoms with Crippen LogP contribution in [0.1, 0.15) is 43.6 Å². The molecule has 1 fully saturated rings. The molecule has 2 aromatic rings. The highest BCUT2D eigenvalue weighted by atomic mass is 19.1. The molecule has 200 valence electrons. The van der Waals surface area contributed by atoms with E-state index in [-0.39, 0.29) is 18.3 Å². The molecule has 0 bridgehead atoms. The normalized spacial score (nSPS) is 24.0. The Hall–Kier alpha value is -2.93. The SMILES string of the molecule is CCOc1ccc(Cc2c(OC3O[C@H](COC(=O)OC)[C@@H](O)[C@H](O)[C@H]3O)nn(C(C)C)c2C)c(F)c1. The van der Waals surface area contributed by atoms with Crippen molar-refractivity contribution < 1.29 is 48.2 Å². The Morgan fingerprint density at radius 1 is 1.22 bits per heavy atom. The van der Waals surface area contributed by atoms with Crippen LogP contribution >= 0.6 is 0 Å². The van der Waals surface area contributed by atoms with E-state index in [0.29, 0.717) is 29.2 Å². The van der Waals surface area contributed by atoms with E-state index >= 15 is 0 Å². The summed E-state index contributed by atoms with van der Waals surface area (Å²) in [5, 5.41) is 35.5. The summed E-state index contributed by atoms with van der Waals surface area (Å²) in [6, 6.07) is 4.53. The van der Waals surface area contributed by atoms with Gasteiger partial charge in [0.1, 0.15) is 42.6 Å². The van der Waals surface area contributed by atoms with Crippen molar-refractivity contribution in [1.82, 2.24) is 9.78 Å². The molecule has 1 aromatic carbocycles. The number of aliphatic hydroxyl groups excluding tert-OH is 3. The van der Waals surface area contributed by atoms with Crippen molar-refractivity contribution in [3.05, 3.63) is 40.8 Å². The van der Waals surface area contributed by atoms with E-state index < -0.39 is 49.3 Å². The fourth-order valence-electron chi connectivity index (χ4n) is 3.92. The van der Waals surface area contributed by atoms with Gasteiger partial charge in [0.05, 0.1) is 13.7 Å². The van der Waals surface area contributed by atoms with Crippen molar-refractivity contribution >= 4 is 6.16 Å². The van der Waals surface area contributed by atoms with Gasteiger partial charge in [-0.05, 0) is 39.3 Å². The van der Waals surface area contributed by atoms with Crippen LogP contribution in [0.5, 0.6) is 11.6 Å². The fourth-order valence-corrected chi connectivity index (χ4v) is 3.92. The Kier molecular flexibility index (Phi) is 9.12. The molecule has 2 heterocycles. The maximum Gasteiger partial charge on any atom is 0.508 e. The number of hydrogen-bond acceptors (Lipinski definition) is 10. The van der Waals surface area contributed by atoms with E-state index in [0.717, 1.165) is 7.11 Å². The second kappa shape index (κ2) is 11.9. The Labute approximate surface area is 208 Å². The molecule has 0 saturated carbocycles. The predicted octanol–water partition coefficient (Wildman–Crippen LogP) is 1.87. The van der Waals surface area contributed by atoms with E-state index in [1.807, 2.05) is 27.7 Å². The number of rotatable bonds is 9. The summed E-state index contributed by atoms with van der Waals surface area (Å²) >= 11 is 0. The monoisotopic (exact) mass is 512 g/mol. The van der Waals surface area contributed by atoms with Crippen molar-refractivity contribution in [2.45, 2.75) is 70.9 Å². The third-order valence-corrected chi connectivity index (χ3v) is 5.86. The number of ether oxygens (including phenoxy) is 5. The molecule has 0 aliphatic carbocycles. The molecule has 1 aliphatic heterocycles. The molecule has 1 aliphatic rings. The van der Waals surface area contributed by atoms with Crippen LogP contribution in [0.25, 0.3) is 0 Å². The molecule has 1 unspecified atom stereocenters. The van der Waals surface area contributed by atoms with E-state index in [1.54, 1.807) is 16.8 Å². The lowest BCUT2D eigenvalue weighted by atomic mass is 9.99. The maximum atomic E-state index is 14.8. The Bertz CT molecular complexity index is 1040. The van der Waals surface area contributed by atoms with Crippen molar-refractivity contribution in [2.75, 3.05) is 20.3 Å². The van der Waals surface area contributed by atoms with Gasteiger partial charge in [-0.3, -0.25) is 4.68 Å². The minimum absolute atomic E-state index is 0.0582. The molecule has 0 radical (unpaired) electrons. The summed E-state index contributed by atoms with van der Waals surface area (Å²) in [6.45, 7) is 7.40. The third-order valence-electron chi connectivity index (χ3n) is 5.86. The number of nitrogens with zero attached hydrogens (tertiary/aromatic N) is 2. The summed E-state index contributed by atoms with van der Waals surface area (Å²) in [5.41, 5.74) is 1.63. The van der Waals surface area contributed by atoms with Crippen LogP contribution in [0.15, 0.2) is 18.2 Å². The van der Waals surface area contributed by atoms with Gasteiger partial charge in [0, 0.05) is 29.8 Å². The first-order chi connectivity index (χ1) is 17.1. The summed E-state index contributed by atoms with van der Waals surface area (Å²) in [7, 11) is 1.12. The van der Waals surface area contributed by atoms with Gasteiger partial charge < -0.3 is 39.0 Å². The zero-order chi connectivity index (χ0) is 26.6. The van der Waals surface area contributed by atoms with Crippen LogP contribution in [0.3, 0.4) is 0 Å². The summed E-state index contributed by atoms with van der Waals surface area (Å²) in [4.78, 5) is 11.3. The van der Waals surface area contributed by atoms with Gasteiger partial charge in [0.2, 0.25) is 12.2 Å². The smallest absolute Gasteiger partial charge is 0.494 e. The van der Waals surface area contributed by atoms with Crippen molar-refractivity contribution in [3.8, 4) is 11.6 Å². The molecule has 1 aromatic heterocycles. The van der Waals surface area contributed by atoms with E-state index in [4.69, 9.17) is 18.9 Å². The molecule has 3 N–H and O–H groups in total. The molecule has 3 rings (SSSR count). The minimum Gasteiger partial charge on any atom is -0.494 e. The molecule has 0 spiro atoms. The van der Waals surface area contributed by atoms with Gasteiger partial charge in [-0.25, -0.2) is 9.18 Å². The van der Waals surface area contributed by atoms with Crippen LogP contribution in [-0.2, 0) is 20.6 Å². The highest BCUT2D eigenvalue weighted by molar-refractivity contribution is 5.59. The van der Waals surface area contributed by atoms with E-state index in [1.165, 1.54) is 6.07 Å². The molecular formula is C24H33FN2O9. The van der Waals surface area contributed by atoms with Gasteiger partial charge in [0.25, 0.3) is 0 Å². The molecule has 5 atom stereocenters. The fraction of sp³-hybridized carbons (Fsp3) is 0.583. The number of aromatic nitrogens is 2. The lowest BCUT2D eigenvalue weighted by molar-refractivity contribution is -0.278. The van der Waals surface area contributed by atoms with Crippen molar-refractivity contribution in [1.29, 1.82) is 0 Å². The highest BCUT2D eigenvalue weighted by Crippen LogP contribution is 2.31. The molecule has 36 heavy (non-hydrogen) atoms. The first-order valence-corrected chi connectivity index (χ1v) is 11.6. The van der Waals surface area contributed by atoms with E-state index in [9.17, 15) is 24.5 Å². The quantitative estimate of drug-likeness (QED) is 0.426. The van der Waals surface area contributed by atoms with Crippen LogP contribution in [0.4, 0.5) is 9.18 Å². The highest BCUT2D eigenvalue weighted by Gasteiger charge is 2.46. The van der Waals surface area contributed by atoms with Gasteiger partial charge >= 0.3 is 6.16 Å². The zero-order valence-electron chi connectivity index (χ0n) is 20.9. The number of carbonyl (C=O) groups excluding carboxylic acids is 1. The third kappa shape index (κ3) is 6.06. The first kappa shape index (κ1) is 27.7. The summed E-state index contributed by atoms with van der Waals surface area (Å²) in [6.07, 6.45) is -8.42. The van der Waals surface area contributed by atoms with Gasteiger partial charge in [-0.2, -0.15) is 0 Å². The number of aliphatic hydroxyl groups is 3. The van der Waals surface area contributed by atoms with Crippen LogP contribution in [0.2, 0.25) is 0 Å². The molecule has 0 amide bonds. The standard InChI is InChI=1S/C24H33FN2O9/c1-6-33-15-8-7-14(17(25)10-15)9-16-13(4)27(12(2)3)26-22(16)36-23-21(30)20(29)19(28)18(35-23)11-34-24(31)32-5/h7-8,10,12,18-21,23,28-30H,6,9,11H2,1-5H3/t18-,19-,20+,21-,23?/m1/s1. The lowest BCUT2D eigenvalue weighted by Gasteiger charge is -2.39. The first-order valence-electron chi connectivity index (χ1n) is 11.6. The number of methoxy groups -OCH3 is 1. The second-order valence-electron chi connectivity index (χ2n) is 8.67. The number of benzene rings is 1. The van der Waals surface area contributed by atoms with Crippen LogP contribution in [0, 0.1) is 12.7 Å². The van der Waals surface area contributed by atoms with Gasteiger partial charge in [-0.15, -0.1) is 5.10 Å². The molecule has 12 heteroatoms. The van der Waals surface area contributed by atoms with Crippen LogP contribution in [-0.4, -0.2) is 82.3 Å². The van der Waals surface area contributed by atoms with E-state index in [2.05, 4.69) is 9.84 Å². The zero-order valence-corrected chi connectivity index (χ0v) is 20.9.